The van der Waals surface area contributed by atoms with E-state index in [4.69, 9.17) is 0 Å². The number of carbonyl (C=O) groups is 1. The summed E-state index contributed by atoms with van der Waals surface area (Å²) in [6, 6.07) is 4.81. The molecule has 0 unspecified atom stereocenters. The molecule has 8 heteroatoms. The summed E-state index contributed by atoms with van der Waals surface area (Å²) < 4.78 is 14.5. The average molecular weight is 419 g/mol. The summed E-state index contributed by atoms with van der Waals surface area (Å²) in [7, 11) is 0. The van der Waals surface area contributed by atoms with E-state index in [1.54, 1.807) is 12.1 Å². The molecule has 0 aromatic heterocycles. The largest absolute Gasteiger partial charge is 0.367 e. The first-order valence-corrected chi connectivity index (χ1v) is 9.11. The molecular weight excluding hydrogens is 390 g/mol. The van der Waals surface area contributed by atoms with Crippen LogP contribution in [0.1, 0.15) is 23.7 Å². The second-order valence-electron chi connectivity index (χ2n) is 6.59. The van der Waals surface area contributed by atoms with Crippen molar-refractivity contribution in [3.05, 3.63) is 41.2 Å². The minimum absolute atomic E-state index is 0. The highest BCUT2D eigenvalue weighted by atomic mass is 35.5. The first-order valence-electron chi connectivity index (χ1n) is 9.11. The van der Waals surface area contributed by atoms with Crippen LogP contribution in [0.3, 0.4) is 0 Å². The van der Waals surface area contributed by atoms with Gasteiger partial charge in [-0.1, -0.05) is 18.6 Å². The molecule has 3 rings (SSSR count). The first kappa shape index (κ1) is 23.7. The molecule has 0 aliphatic carbocycles. The molecule has 0 saturated carbocycles. The summed E-state index contributed by atoms with van der Waals surface area (Å²) in [5.74, 6) is -0.542. The molecule has 1 fully saturated rings. The fourth-order valence-electron chi connectivity index (χ4n) is 3.34. The highest BCUT2D eigenvalue weighted by molar-refractivity contribution is 5.94. The van der Waals surface area contributed by atoms with Crippen LogP contribution in [0.25, 0.3) is 0 Å². The van der Waals surface area contributed by atoms with Crippen LogP contribution in [0.15, 0.2) is 29.8 Å². The minimum Gasteiger partial charge on any atom is -0.367 e. The van der Waals surface area contributed by atoms with Gasteiger partial charge in [-0.2, -0.15) is 0 Å². The smallest absolute Gasteiger partial charge is 0.251 e. The van der Waals surface area contributed by atoms with Gasteiger partial charge in [0, 0.05) is 44.8 Å². The number of hydrogen-bond acceptors (Lipinski definition) is 4. The summed E-state index contributed by atoms with van der Waals surface area (Å²) >= 11 is 0. The number of piperazine rings is 1. The van der Waals surface area contributed by atoms with E-state index in [1.807, 2.05) is 0 Å². The lowest BCUT2D eigenvalue weighted by molar-refractivity contribution is 0.0956. The number of nitrogens with zero attached hydrogens (tertiary/aromatic N) is 2. The van der Waals surface area contributed by atoms with Crippen molar-refractivity contribution in [3.63, 3.8) is 0 Å². The van der Waals surface area contributed by atoms with E-state index in [1.165, 1.54) is 11.6 Å². The van der Waals surface area contributed by atoms with Gasteiger partial charge >= 0.3 is 0 Å². The molecule has 1 aromatic rings. The monoisotopic (exact) mass is 418 g/mol. The Morgan fingerprint density at radius 1 is 1.22 bits per heavy atom. The number of nitrogens with one attached hydrogen (secondary N) is 2. The van der Waals surface area contributed by atoms with E-state index in [0.29, 0.717) is 17.8 Å². The van der Waals surface area contributed by atoms with Crippen molar-refractivity contribution in [1.82, 2.24) is 15.5 Å². The number of halogens is 3. The van der Waals surface area contributed by atoms with E-state index in [-0.39, 0.29) is 36.5 Å². The maximum Gasteiger partial charge on any atom is 0.251 e. The van der Waals surface area contributed by atoms with Crippen molar-refractivity contribution in [2.75, 3.05) is 57.3 Å². The molecule has 2 N–H and O–H groups in total. The zero-order valence-electron chi connectivity index (χ0n) is 15.7. The number of anilines is 1. The molecule has 1 amide bonds. The number of amides is 1. The Hall–Kier alpha value is -1.34. The van der Waals surface area contributed by atoms with Crippen LogP contribution in [-0.4, -0.2) is 63.2 Å². The van der Waals surface area contributed by atoms with Gasteiger partial charge in [-0.15, -0.1) is 24.8 Å². The van der Waals surface area contributed by atoms with Crippen molar-refractivity contribution in [1.29, 1.82) is 0 Å². The topological polar surface area (TPSA) is 47.6 Å². The van der Waals surface area contributed by atoms with Crippen LogP contribution in [0.5, 0.6) is 0 Å². The van der Waals surface area contributed by atoms with Gasteiger partial charge in [0.2, 0.25) is 0 Å². The van der Waals surface area contributed by atoms with Crippen LogP contribution in [0, 0.1) is 5.82 Å². The summed E-state index contributed by atoms with van der Waals surface area (Å²) in [6.07, 6.45) is 3.04. The average Bonchev–Trinajstić information content (AvgIpc) is 2.67. The molecule has 152 valence electrons. The van der Waals surface area contributed by atoms with Crippen LogP contribution in [0.2, 0.25) is 0 Å². The van der Waals surface area contributed by atoms with Gasteiger partial charge in [0.1, 0.15) is 5.82 Å². The van der Waals surface area contributed by atoms with Gasteiger partial charge in [0.05, 0.1) is 5.69 Å². The molecule has 2 aliphatic rings. The summed E-state index contributed by atoms with van der Waals surface area (Å²) in [5, 5.41) is 6.13. The molecule has 5 nitrogen and oxygen atoms in total. The zero-order chi connectivity index (χ0) is 17.6. The fraction of sp³-hybridized carbons (Fsp3) is 0.526. The van der Waals surface area contributed by atoms with Crippen LogP contribution in [0.4, 0.5) is 10.1 Å². The van der Waals surface area contributed by atoms with Gasteiger partial charge in [-0.25, -0.2) is 4.39 Å². The van der Waals surface area contributed by atoms with E-state index in [9.17, 15) is 9.18 Å². The standard InChI is InChI=1S/C19H27FN4O.2ClH/c1-2-23-9-11-24(12-10-23)18-4-3-16(13-17(18)20)19(25)22-14-15-5-7-21-8-6-15;;/h3-5,13,21H,2,6-12,14H2,1H3,(H,22,25);2*1H. The van der Waals surface area contributed by atoms with Gasteiger partial charge in [0.25, 0.3) is 5.91 Å². The number of benzene rings is 1. The van der Waals surface area contributed by atoms with Gasteiger partial charge in [0.15, 0.2) is 0 Å². The number of hydrogen-bond donors (Lipinski definition) is 2. The molecule has 27 heavy (non-hydrogen) atoms. The second kappa shape index (κ2) is 11.5. The molecular formula is C19H29Cl2FN4O. The Labute approximate surface area is 173 Å². The van der Waals surface area contributed by atoms with Crippen LogP contribution < -0.4 is 15.5 Å². The second-order valence-corrected chi connectivity index (χ2v) is 6.59. The Morgan fingerprint density at radius 3 is 2.56 bits per heavy atom. The van der Waals surface area contributed by atoms with Crippen molar-refractivity contribution >= 4 is 36.4 Å². The van der Waals surface area contributed by atoms with Crippen LogP contribution >= 0.6 is 24.8 Å². The van der Waals surface area contributed by atoms with E-state index < -0.39 is 0 Å². The predicted octanol–water partition coefficient (Wildman–Crippen LogP) is 2.46. The third kappa shape index (κ3) is 6.35. The predicted molar refractivity (Wildman–Crippen MR) is 113 cm³/mol. The third-order valence-corrected chi connectivity index (χ3v) is 5.00. The molecule has 0 spiro atoms. The van der Waals surface area contributed by atoms with Crippen molar-refractivity contribution in [3.8, 4) is 0 Å². The maximum atomic E-state index is 14.5. The molecule has 0 bridgehead atoms. The van der Waals surface area contributed by atoms with E-state index in [0.717, 1.165) is 52.2 Å². The fourth-order valence-corrected chi connectivity index (χ4v) is 3.34. The number of rotatable bonds is 5. The normalized spacial score (nSPS) is 17.4. The van der Waals surface area contributed by atoms with E-state index in [2.05, 4.69) is 33.4 Å². The number of likely N-dealkylation sites (N-methyl/N-ethyl adjacent to an activating group) is 1. The zero-order valence-corrected chi connectivity index (χ0v) is 17.3. The van der Waals surface area contributed by atoms with E-state index >= 15 is 0 Å². The van der Waals surface area contributed by atoms with Gasteiger partial charge in [-0.05, 0) is 37.7 Å². The highest BCUT2D eigenvalue weighted by Crippen LogP contribution is 2.22. The molecule has 2 heterocycles. The molecule has 0 atom stereocenters. The van der Waals surface area contributed by atoms with Crippen molar-refractivity contribution < 1.29 is 9.18 Å². The summed E-state index contributed by atoms with van der Waals surface area (Å²) in [4.78, 5) is 16.7. The van der Waals surface area contributed by atoms with Gasteiger partial charge in [-0.3, -0.25) is 4.79 Å². The van der Waals surface area contributed by atoms with Crippen molar-refractivity contribution in [2.24, 2.45) is 0 Å². The Balaban J connectivity index is 0.00000182. The lowest BCUT2D eigenvalue weighted by atomic mass is 10.1. The van der Waals surface area contributed by atoms with Gasteiger partial charge < -0.3 is 20.4 Å². The van der Waals surface area contributed by atoms with Crippen LogP contribution in [-0.2, 0) is 0 Å². The maximum absolute atomic E-state index is 14.5. The first-order chi connectivity index (χ1) is 12.2. The molecule has 1 saturated heterocycles. The molecule has 1 aromatic carbocycles. The lowest BCUT2D eigenvalue weighted by Gasteiger charge is -2.35. The molecule has 0 radical (unpaired) electrons. The lowest BCUT2D eigenvalue weighted by Crippen LogP contribution is -2.46. The Morgan fingerprint density at radius 2 is 1.96 bits per heavy atom. The number of carbonyl (C=O) groups excluding carboxylic acids is 1. The Bertz CT molecular complexity index is 649. The Kier molecular flexibility index (Phi) is 10.1. The summed E-state index contributed by atoms with van der Waals surface area (Å²) in [6.45, 7) is 9.02. The third-order valence-electron chi connectivity index (χ3n) is 5.00. The highest BCUT2D eigenvalue weighted by Gasteiger charge is 2.19. The summed E-state index contributed by atoms with van der Waals surface area (Å²) in [5.41, 5.74) is 2.19. The molecule has 2 aliphatic heterocycles. The quantitative estimate of drug-likeness (QED) is 0.720. The minimum atomic E-state index is -0.321. The van der Waals surface area contributed by atoms with Crippen molar-refractivity contribution in [2.45, 2.75) is 13.3 Å². The SMILES string of the molecule is CCN1CCN(c2ccc(C(=O)NCC3=CCNCC3)cc2F)CC1.Cl.Cl.